The van der Waals surface area contributed by atoms with Crippen molar-refractivity contribution in [1.29, 1.82) is 0 Å². The summed E-state index contributed by atoms with van der Waals surface area (Å²) >= 11 is 11.2. The number of benzene rings is 3. The van der Waals surface area contributed by atoms with Crippen molar-refractivity contribution in [2.24, 2.45) is 17.2 Å². The zero-order valence-corrected chi connectivity index (χ0v) is 88.6. The molecule has 11 aromatic rings. The van der Waals surface area contributed by atoms with Crippen LogP contribution in [0.4, 0.5) is 52.9 Å². The fourth-order valence-corrected chi connectivity index (χ4v) is 14.3. The van der Waals surface area contributed by atoms with E-state index in [-0.39, 0.29) is 79.2 Å². The van der Waals surface area contributed by atoms with Gasteiger partial charge in [-0.05, 0) is 143 Å². The van der Waals surface area contributed by atoms with E-state index in [9.17, 15) is 42.2 Å². The van der Waals surface area contributed by atoms with Crippen molar-refractivity contribution < 1.29 is 105 Å². The van der Waals surface area contributed by atoms with E-state index < -0.39 is 62.9 Å². The summed E-state index contributed by atoms with van der Waals surface area (Å²) in [7, 11) is 12.3. The Morgan fingerprint density at radius 2 is 0.792 bits per heavy atom. The molecule has 16 N–H and O–H groups in total. The average Bonchev–Trinajstić information content (AvgIpc) is 0.741. The van der Waals surface area contributed by atoms with Crippen LogP contribution in [0.3, 0.4) is 0 Å². The largest absolute Gasteiger partial charge is 1.00 e. The first-order valence-electron chi connectivity index (χ1n) is 46.8. The molecule has 8 aromatic heterocycles. The number of nitrogen functional groups attached to an aromatic ring is 1. The predicted molar refractivity (Wildman–Crippen MR) is 563 cm³/mol. The SMILES string of the molecule is CCCCC(C)(CO)Nc1nc(N)nc2cc(F)cnc12.CCCCC(C)(CO)Nc1nc(NCc2ccc(OC)cc2OC)nc2cc(F)cnc12.CCCCC(C)(N)C(=O)O.CCCCC(C)(N)C(=O)OC.CCCCC(C)(Nc1nc(NCc2ccc(OC)cc2OC)nc2cc(F)cnc12)C(=O)OC.CCN(C(C)C)C(C)C.COc1ccc(CN)c(OC)c1.Fc1cnc2c(Cl)nc(Cl)nc2c1.[AlH3].[H-].[Li+]. The minimum absolute atomic E-state index is 0. The van der Waals surface area contributed by atoms with Gasteiger partial charge in [0.25, 0.3) is 0 Å². The van der Waals surface area contributed by atoms with Crippen LogP contribution in [0, 0.1) is 23.3 Å². The Kier molecular flexibility index (Phi) is 57.8. The number of carbonyl (C=O) groups excluding carboxylic acids is 2. The second kappa shape index (κ2) is 64.6. The van der Waals surface area contributed by atoms with Crippen LogP contribution >= 0.6 is 23.2 Å². The molecular weight excluding hydrogens is 1910 g/mol. The van der Waals surface area contributed by atoms with Gasteiger partial charge < -0.3 is 104 Å². The van der Waals surface area contributed by atoms with Crippen LogP contribution in [0.25, 0.3) is 44.1 Å². The number of nitrogens with two attached hydrogens (primary N) is 4. The minimum atomic E-state index is -1.04. The first-order valence-corrected chi connectivity index (χ1v) is 47.6. The van der Waals surface area contributed by atoms with E-state index in [0.29, 0.717) is 142 Å². The fraction of sp³-hybridized carbons (Fsp3) is 0.510. The normalized spacial score (nSPS) is 12.8. The van der Waals surface area contributed by atoms with E-state index >= 15 is 0 Å². The average molecular weight is 2070 g/mol. The van der Waals surface area contributed by atoms with Crippen LogP contribution in [-0.4, -0.2) is 232 Å². The number of hydrogen-bond donors (Lipinski definition) is 12. The zero-order valence-electron chi connectivity index (χ0n) is 88.0. The number of rotatable bonds is 42. The third-order valence-corrected chi connectivity index (χ3v) is 22.7. The van der Waals surface area contributed by atoms with E-state index in [0.717, 1.165) is 137 Å². The van der Waals surface area contributed by atoms with Crippen molar-refractivity contribution in [2.45, 2.75) is 260 Å². The van der Waals surface area contributed by atoms with E-state index in [1.165, 1.54) is 38.5 Å². The van der Waals surface area contributed by atoms with Crippen LogP contribution in [0.1, 0.15) is 218 Å². The van der Waals surface area contributed by atoms with Crippen molar-refractivity contribution >= 4 is 138 Å². The Morgan fingerprint density at radius 3 is 1.13 bits per heavy atom. The Bertz CT molecular complexity index is 5770. The molecular formula is C100H150AlCl2F4LiN22O14. The van der Waals surface area contributed by atoms with Crippen molar-refractivity contribution in [1.82, 2.24) is 64.7 Å². The molecule has 11 rings (SSSR count). The van der Waals surface area contributed by atoms with Gasteiger partial charge in [-0.3, -0.25) is 14.5 Å². The number of halogens is 6. The van der Waals surface area contributed by atoms with Crippen molar-refractivity contribution in [2.75, 3.05) is 109 Å². The number of unbranched alkanes of at least 4 members (excludes halogenated alkanes) is 5. The minimum Gasteiger partial charge on any atom is -1.00 e. The molecule has 44 heteroatoms. The van der Waals surface area contributed by atoms with Gasteiger partial charge in [0.1, 0.15) is 96.4 Å². The van der Waals surface area contributed by atoms with Gasteiger partial charge in [0.2, 0.25) is 23.1 Å². The summed E-state index contributed by atoms with van der Waals surface area (Å²) in [6.45, 7) is 32.5. The number of aromatic nitrogens is 12. The first-order chi connectivity index (χ1) is 67.3. The molecule has 0 aliphatic rings. The van der Waals surface area contributed by atoms with Crippen molar-refractivity contribution in [3.63, 3.8) is 0 Å². The molecule has 0 bridgehead atoms. The summed E-state index contributed by atoms with van der Waals surface area (Å²) in [5.41, 5.74) is 23.8. The zero-order chi connectivity index (χ0) is 106. The second-order valence-corrected chi connectivity index (χ2v) is 35.5. The molecule has 0 aliphatic heterocycles. The summed E-state index contributed by atoms with van der Waals surface area (Å²) in [5, 5.41) is 44.3. The van der Waals surface area contributed by atoms with Gasteiger partial charge in [0.15, 0.2) is 40.0 Å². The van der Waals surface area contributed by atoms with Crippen LogP contribution in [0.15, 0.2) is 104 Å². The standard InChI is InChI=1S/C24H30FN5O4.C23H30FN5O3.C14H20FN5O.C9H13NO2.C8H17NO2.C8H19N.C7H2Cl2FN3.C7H15NO2.Al.Li.4H/c1-6-7-10-24(2,22(31)34-5)30-21-20-18(11-16(25)14-26-20)28-23(29-21)27-13-15-8-9-17(32-3)12-19(15)33-4;1-5-6-9-23(2,14-30)29-21-20-18(10-16(24)13-25-20)27-22(28-21)26-12-15-7-8-17(31-3)11-19(15)32-4;1-3-4-5-14(2,8-21)20-12-11-10(18-13(16)19-12)6-9(15)7-17-11;1-11-8-4-3-7(6-10)9(5-8)12-2;1-4-5-6-8(2,9)7(10)11-3;1-6-9(7(2)3)8(4)5;8-6-5-4(12-7(9)13-6)1-3(10)2-11-5;1-3-4-5-7(2,8)6(9)10;;;;;;/h8-9,11-12,14H,6-7,10,13H2,1-5H3,(H2,27,28,29,30);7-8,10-11,13,30H,5-6,9,12,14H2,1-4H3,(H2,26,27,28,29);6-7,21H,3-5,8H2,1-2H3,(H3,16,18,19,20);3-5H,6,10H2,1-2H3;4-6,9H2,1-3H3;7-8H,6H2,1-5H3;1-2H;3-5,8H2,1-2H3,(H,9,10);;;;;;/q;;;;;;;;;+1;;;;-1. The number of ether oxygens (including phenoxy) is 8. The smallest absolute Gasteiger partial charge is 1.00 e. The fourth-order valence-electron chi connectivity index (χ4n) is 13.9. The number of hydrogen-bond acceptors (Lipinski definition) is 35. The number of anilines is 6. The molecule has 0 saturated heterocycles. The first kappa shape index (κ1) is 129. The van der Waals surface area contributed by atoms with Gasteiger partial charge in [0.05, 0.1) is 128 Å². The van der Waals surface area contributed by atoms with Crippen LogP contribution in [0.2, 0.25) is 10.4 Å². The number of aliphatic hydroxyl groups is 2. The van der Waals surface area contributed by atoms with Gasteiger partial charge in [-0.15, -0.1) is 0 Å². The number of carboxylic acid groups (broad SMARTS) is 1. The van der Waals surface area contributed by atoms with Gasteiger partial charge >= 0.3 is 36.8 Å². The van der Waals surface area contributed by atoms with E-state index in [1.807, 2.05) is 70.2 Å². The molecule has 0 spiro atoms. The van der Waals surface area contributed by atoms with Crippen molar-refractivity contribution in [3.8, 4) is 34.5 Å². The summed E-state index contributed by atoms with van der Waals surface area (Å²) in [5.74, 6) is 2.30. The van der Waals surface area contributed by atoms with Crippen LogP contribution in [-0.2, 0) is 43.5 Å². The van der Waals surface area contributed by atoms with E-state index in [2.05, 4.69) is 151 Å². The molecule has 0 saturated carbocycles. The molecule has 0 radical (unpaired) electrons. The number of fused-ring (bicyclic) bond motifs is 4. The predicted octanol–water partition coefficient (Wildman–Crippen LogP) is 14.3. The van der Waals surface area contributed by atoms with Gasteiger partial charge in [-0.1, -0.05) is 123 Å². The molecule has 5 unspecified atom stereocenters. The number of carboxylic acids is 1. The van der Waals surface area contributed by atoms with Gasteiger partial charge in [0, 0.05) is 90.9 Å². The number of nitrogens with one attached hydrogen (secondary N) is 5. The second-order valence-electron chi connectivity index (χ2n) is 34.8. The Hall–Kier alpha value is -11.2. The molecule has 8 heterocycles. The number of nitrogens with zero attached hydrogens (tertiary/aromatic N) is 13. The molecule has 790 valence electrons. The molecule has 0 aliphatic carbocycles. The van der Waals surface area contributed by atoms with E-state index in [4.69, 9.17) is 84.4 Å². The Morgan fingerprint density at radius 1 is 0.451 bits per heavy atom. The maximum atomic E-state index is 13.9. The van der Waals surface area contributed by atoms with Gasteiger partial charge in [-0.25, -0.2) is 67.2 Å². The third kappa shape index (κ3) is 41.7. The maximum Gasteiger partial charge on any atom is 1.00 e. The quantitative estimate of drug-likeness (QED) is 0.00556. The van der Waals surface area contributed by atoms with Crippen LogP contribution < -0.4 is 96.8 Å². The van der Waals surface area contributed by atoms with Gasteiger partial charge in [-0.2, -0.15) is 15.0 Å². The molecule has 0 amide bonds. The van der Waals surface area contributed by atoms with Crippen LogP contribution in [0.5, 0.6) is 34.5 Å². The summed E-state index contributed by atoms with van der Waals surface area (Å²) < 4.78 is 94.8. The topological polar surface area (TPSA) is 508 Å². The van der Waals surface area contributed by atoms with E-state index in [1.54, 1.807) is 75.6 Å². The van der Waals surface area contributed by atoms with Crippen molar-refractivity contribution in [3.05, 3.63) is 154 Å². The number of carbonyl (C=O) groups is 3. The monoisotopic (exact) mass is 2060 g/mol. The number of esters is 2. The Labute approximate surface area is 876 Å². The number of pyridine rings is 4. The number of aliphatic hydroxyl groups excluding tert-OH is 2. The summed E-state index contributed by atoms with van der Waals surface area (Å²) in [6, 6.07) is 23.0. The molecule has 36 nitrogen and oxygen atoms in total. The Balaban J connectivity index is 0.000000869. The number of aliphatic carboxylic acids is 1. The summed E-state index contributed by atoms with van der Waals surface area (Å²) in [6.07, 6.45) is 17.2. The molecule has 0 fully saturated rings. The third-order valence-electron chi connectivity index (χ3n) is 22.2. The molecule has 5 atom stereocenters. The molecule has 144 heavy (non-hydrogen) atoms. The maximum absolute atomic E-state index is 13.9. The molecule has 3 aromatic carbocycles. The summed E-state index contributed by atoms with van der Waals surface area (Å²) in [4.78, 5) is 86.1. The number of methoxy groups -OCH3 is 8.